The van der Waals surface area contributed by atoms with E-state index in [1.54, 1.807) is 12.1 Å². The van der Waals surface area contributed by atoms with Crippen molar-refractivity contribution in [2.24, 2.45) is 0 Å². The van der Waals surface area contributed by atoms with E-state index in [-0.39, 0.29) is 26.8 Å². The van der Waals surface area contributed by atoms with Crippen LogP contribution in [-0.4, -0.2) is 59.6 Å². The molecule has 33 heavy (non-hydrogen) atoms. The predicted octanol–water partition coefficient (Wildman–Crippen LogP) is 4.29. The van der Waals surface area contributed by atoms with Crippen LogP contribution in [0.5, 0.6) is 5.75 Å². The van der Waals surface area contributed by atoms with Gasteiger partial charge in [-0.15, -0.1) is 0 Å². The zero-order valence-electron chi connectivity index (χ0n) is 18.7. The second-order valence-corrected chi connectivity index (χ2v) is 8.71. The lowest BCUT2D eigenvalue weighted by molar-refractivity contribution is 0.0800. The molecule has 8 heteroatoms. The number of ether oxygens (including phenoxy) is 2. The van der Waals surface area contributed by atoms with Gasteiger partial charge in [0.1, 0.15) is 17.7 Å². The van der Waals surface area contributed by atoms with Gasteiger partial charge in [-0.2, -0.15) is 0 Å². The molecule has 3 aromatic rings. The molecule has 176 valence electrons. The molecule has 0 spiro atoms. The van der Waals surface area contributed by atoms with Crippen molar-refractivity contribution in [3.05, 3.63) is 48.0 Å². The van der Waals surface area contributed by atoms with Crippen molar-refractivity contribution in [1.29, 1.82) is 0 Å². The van der Waals surface area contributed by atoms with E-state index in [0.29, 0.717) is 24.6 Å². The fourth-order valence-electron chi connectivity index (χ4n) is 4.44. The first kappa shape index (κ1) is 21.5. The summed E-state index contributed by atoms with van der Waals surface area (Å²) in [6.07, 6.45) is 1.83. The summed E-state index contributed by atoms with van der Waals surface area (Å²) in [4.78, 5) is 24.1. The lowest BCUT2D eigenvalue weighted by Crippen LogP contribution is -2.45. The molecular formula is C25H32N4O4. The van der Waals surface area contributed by atoms with E-state index < -0.39 is 0 Å². The van der Waals surface area contributed by atoms with Crippen molar-refractivity contribution in [1.82, 2.24) is 15.3 Å². The number of aromatic hydroxyl groups is 1. The van der Waals surface area contributed by atoms with Crippen LogP contribution >= 0.6 is 0 Å². The number of hydrogen-bond acceptors (Lipinski definition) is 7. The van der Waals surface area contributed by atoms with Crippen molar-refractivity contribution < 1.29 is 22.2 Å². The van der Waals surface area contributed by atoms with Crippen molar-refractivity contribution >= 4 is 22.8 Å². The molecule has 5 rings (SSSR count). The average molecular weight is 453 g/mol. The molecule has 2 fully saturated rings. The molecule has 8 nitrogen and oxygen atoms in total. The largest absolute Gasteiger partial charge is 0.507 e. The quantitative estimate of drug-likeness (QED) is 0.610. The Hall–Kier alpha value is -3.39. The molecule has 0 saturated carbocycles. The Kier molecular flexibility index (Phi) is 6.00. The zero-order chi connectivity index (χ0) is 22.8. The van der Waals surface area contributed by atoms with Gasteiger partial charge in [0.2, 0.25) is 0 Å². The minimum atomic E-state index is -0.367. The van der Waals surface area contributed by atoms with Crippen molar-refractivity contribution in [2.45, 2.75) is 38.3 Å². The minimum absolute atomic E-state index is 0. The number of aromatic nitrogens is 2. The molecule has 0 radical (unpaired) electrons. The number of para-hydroxylation sites is 1. The number of phenolic OH excluding ortho intramolecular Hbond substituents is 1. The van der Waals surface area contributed by atoms with Gasteiger partial charge in [-0.05, 0) is 49.6 Å². The molecule has 1 atom stereocenters. The van der Waals surface area contributed by atoms with E-state index in [0.717, 1.165) is 54.6 Å². The molecule has 0 bridgehead atoms. The third kappa shape index (κ3) is 4.71. The standard InChI is InChI=1S/C25H28N4O4.2H2/c1-16-6-7-19-21(14-16)27-23(20-4-2-3-5-22(20)30)28-24(19)29-11-8-17(9-12-29)26-25(31)33-18-10-13-32-15-18;;/h2-7,14,17-18,30H,8-13,15H2,1H3,(H,26,31);2*1H/t18-;;/m1../s1. The number of fused-ring (bicyclic) bond motifs is 1. The third-order valence-corrected chi connectivity index (χ3v) is 6.26. The number of benzene rings is 2. The first-order valence-corrected chi connectivity index (χ1v) is 11.4. The molecule has 2 saturated heterocycles. The number of piperidine rings is 1. The van der Waals surface area contributed by atoms with Crippen LogP contribution in [0.15, 0.2) is 42.5 Å². The van der Waals surface area contributed by atoms with E-state index in [2.05, 4.69) is 22.3 Å². The Labute approximate surface area is 195 Å². The van der Waals surface area contributed by atoms with Crippen molar-refractivity contribution in [3.63, 3.8) is 0 Å². The Morgan fingerprint density at radius 2 is 2.00 bits per heavy atom. The summed E-state index contributed by atoms with van der Waals surface area (Å²) < 4.78 is 10.7. The van der Waals surface area contributed by atoms with Gasteiger partial charge in [-0.1, -0.05) is 18.2 Å². The summed E-state index contributed by atoms with van der Waals surface area (Å²) in [6.45, 7) is 4.65. The molecule has 1 amide bonds. The maximum Gasteiger partial charge on any atom is 0.407 e. The number of anilines is 1. The lowest BCUT2D eigenvalue weighted by atomic mass is 10.0. The second kappa shape index (κ2) is 9.23. The summed E-state index contributed by atoms with van der Waals surface area (Å²) in [5.41, 5.74) is 2.57. The zero-order valence-corrected chi connectivity index (χ0v) is 18.7. The Bertz CT molecular complexity index is 1170. The maximum absolute atomic E-state index is 12.2. The Morgan fingerprint density at radius 1 is 1.18 bits per heavy atom. The summed E-state index contributed by atoms with van der Waals surface area (Å²) in [5, 5.41) is 14.3. The highest BCUT2D eigenvalue weighted by molar-refractivity contribution is 5.92. The SMILES string of the molecule is Cc1ccc2c(N3CCC(NC(=O)O[C@@H]4CCOC4)CC3)nc(-c3ccccc3O)nc2c1.[HH].[HH]. The van der Waals surface area contributed by atoms with Crippen LogP contribution in [0.25, 0.3) is 22.3 Å². The van der Waals surface area contributed by atoms with E-state index in [9.17, 15) is 9.90 Å². The fraction of sp³-hybridized carbons (Fsp3) is 0.400. The lowest BCUT2D eigenvalue weighted by Gasteiger charge is -2.33. The monoisotopic (exact) mass is 452 g/mol. The number of phenols is 1. The molecule has 2 aromatic carbocycles. The summed E-state index contributed by atoms with van der Waals surface area (Å²) in [7, 11) is 0. The smallest absolute Gasteiger partial charge is 0.407 e. The highest BCUT2D eigenvalue weighted by Gasteiger charge is 2.26. The molecule has 1 aromatic heterocycles. The van der Waals surface area contributed by atoms with E-state index in [1.165, 1.54) is 0 Å². The average Bonchev–Trinajstić information content (AvgIpc) is 3.32. The van der Waals surface area contributed by atoms with Crippen LogP contribution < -0.4 is 10.2 Å². The van der Waals surface area contributed by atoms with Crippen LogP contribution in [-0.2, 0) is 9.47 Å². The summed E-state index contributed by atoms with van der Waals surface area (Å²) in [5.74, 6) is 1.51. The number of carbonyl (C=O) groups is 1. The summed E-state index contributed by atoms with van der Waals surface area (Å²) >= 11 is 0. The molecule has 0 unspecified atom stereocenters. The first-order chi connectivity index (χ1) is 16.1. The predicted molar refractivity (Wildman–Crippen MR) is 130 cm³/mol. The number of hydrogen-bond donors (Lipinski definition) is 2. The van der Waals surface area contributed by atoms with Crippen LogP contribution in [0.3, 0.4) is 0 Å². The number of amides is 1. The highest BCUT2D eigenvalue weighted by Crippen LogP contribution is 2.33. The Morgan fingerprint density at radius 3 is 2.76 bits per heavy atom. The summed E-state index contributed by atoms with van der Waals surface area (Å²) in [6, 6.07) is 13.3. The highest BCUT2D eigenvalue weighted by atomic mass is 16.6. The van der Waals surface area contributed by atoms with Crippen LogP contribution in [0.1, 0.15) is 27.7 Å². The van der Waals surface area contributed by atoms with E-state index >= 15 is 0 Å². The topological polar surface area (TPSA) is 96.8 Å². The van der Waals surface area contributed by atoms with E-state index in [4.69, 9.17) is 19.4 Å². The second-order valence-electron chi connectivity index (χ2n) is 8.71. The fourth-order valence-corrected chi connectivity index (χ4v) is 4.44. The Balaban J connectivity index is 0.00000171. The van der Waals surface area contributed by atoms with Gasteiger partial charge in [0.25, 0.3) is 0 Å². The molecule has 3 heterocycles. The minimum Gasteiger partial charge on any atom is -0.507 e. The number of alkyl carbamates (subject to hydrolysis) is 1. The molecule has 2 N–H and O–H groups in total. The molecular weight excluding hydrogens is 420 g/mol. The van der Waals surface area contributed by atoms with E-state index in [1.807, 2.05) is 25.1 Å². The maximum atomic E-state index is 12.2. The van der Waals surface area contributed by atoms with Crippen molar-refractivity contribution in [3.8, 4) is 17.1 Å². The van der Waals surface area contributed by atoms with Crippen LogP contribution in [0.2, 0.25) is 0 Å². The van der Waals surface area contributed by atoms with Crippen LogP contribution in [0.4, 0.5) is 10.6 Å². The van der Waals surface area contributed by atoms with Gasteiger partial charge in [0.05, 0.1) is 24.3 Å². The third-order valence-electron chi connectivity index (χ3n) is 6.26. The molecule has 2 aliphatic heterocycles. The molecule has 0 aliphatic carbocycles. The normalized spacial score (nSPS) is 19.1. The van der Waals surface area contributed by atoms with Gasteiger partial charge in [0, 0.05) is 33.8 Å². The van der Waals surface area contributed by atoms with Gasteiger partial charge in [-0.25, -0.2) is 14.8 Å². The van der Waals surface area contributed by atoms with Crippen LogP contribution in [0, 0.1) is 6.92 Å². The number of carbonyl (C=O) groups excluding carboxylic acids is 1. The first-order valence-electron chi connectivity index (χ1n) is 11.4. The number of nitrogens with one attached hydrogen (secondary N) is 1. The van der Waals surface area contributed by atoms with Gasteiger partial charge >= 0.3 is 6.09 Å². The van der Waals surface area contributed by atoms with Gasteiger partial charge in [-0.3, -0.25) is 0 Å². The number of rotatable bonds is 4. The molecule has 2 aliphatic rings. The van der Waals surface area contributed by atoms with Gasteiger partial charge < -0.3 is 24.8 Å². The van der Waals surface area contributed by atoms with Gasteiger partial charge in [0.15, 0.2) is 5.82 Å². The van der Waals surface area contributed by atoms with Crippen molar-refractivity contribution in [2.75, 3.05) is 31.2 Å². The number of nitrogens with zero attached hydrogens (tertiary/aromatic N) is 3. The number of aryl methyl sites for hydroxylation is 1.